The summed E-state index contributed by atoms with van der Waals surface area (Å²) in [6.07, 6.45) is 10.6. The van der Waals surface area contributed by atoms with E-state index >= 15 is 0 Å². The molecule has 4 aliphatic rings. The van der Waals surface area contributed by atoms with E-state index in [9.17, 15) is 14.7 Å². The third-order valence-electron chi connectivity index (χ3n) is 10.3. The van der Waals surface area contributed by atoms with Crippen molar-refractivity contribution in [3.63, 3.8) is 0 Å². The Labute approximate surface area is 188 Å². The van der Waals surface area contributed by atoms with E-state index in [-0.39, 0.29) is 28.8 Å². The summed E-state index contributed by atoms with van der Waals surface area (Å²) in [5, 5.41) is 9.50. The summed E-state index contributed by atoms with van der Waals surface area (Å²) in [7, 11) is 0. The molecule has 0 bridgehead atoms. The molecule has 4 nitrogen and oxygen atoms in total. The molecule has 4 aliphatic carbocycles. The highest BCUT2D eigenvalue weighted by atomic mass is 16.4. The molecule has 0 aromatic carbocycles. The first-order valence-corrected chi connectivity index (χ1v) is 12.7. The van der Waals surface area contributed by atoms with E-state index in [1.54, 1.807) is 0 Å². The van der Waals surface area contributed by atoms with Crippen molar-refractivity contribution < 1.29 is 14.7 Å². The van der Waals surface area contributed by atoms with Crippen LogP contribution in [0.1, 0.15) is 92.9 Å². The SMILES string of the molecule is CC(C)N(C(=O)[C@H]1CC[C@H]2[C@@H]3CC[C@H]4CC(C(=O)O)=CC[C@]4(C)[C@H]3CC[C@]12C)C(C)C. The molecule has 31 heavy (non-hydrogen) atoms. The standard InChI is InChI=1S/C27H43NO3/c1-16(2)28(17(3)4)24(29)23-10-9-21-20-8-7-19-15-18(25(30)31)11-13-26(19,5)22(20)12-14-27(21,23)6/h11,16-17,19-23H,7-10,12-15H2,1-6H3,(H,30,31)/t19-,20-,21-,22-,23+,26-,27-/m0/s1. The lowest BCUT2D eigenvalue weighted by Crippen LogP contribution is -2.54. The van der Waals surface area contributed by atoms with Crippen molar-refractivity contribution >= 4 is 11.9 Å². The number of carboxylic acids is 1. The molecule has 0 spiro atoms. The van der Waals surface area contributed by atoms with Gasteiger partial charge in [0.1, 0.15) is 0 Å². The summed E-state index contributed by atoms with van der Waals surface area (Å²) in [6, 6.07) is 0.497. The van der Waals surface area contributed by atoms with E-state index in [4.69, 9.17) is 0 Å². The number of carbonyl (C=O) groups is 2. The van der Waals surface area contributed by atoms with Crippen LogP contribution in [0, 0.1) is 40.4 Å². The van der Waals surface area contributed by atoms with Gasteiger partial charge in [-0.25, -0.2) is 4.79 Å². The number of carboxylic acid groups (broad SMARTS) is 1. The first-order valence-electron chi connectivity index (χ1n) is 12.7. The van der Waals surface area contributed by atoms with Gasteiger partial charge in [0.05, 0.1) is 0 Å². The Kier molecular flexibility index (Phi) is 5.84. The number of carbonyl (C=O) groups excluding carboxylic acids is 1. The molecule has 0 aromatic rings. The van der Waals surface area contributed by atoms with Crippen LogP contribution in [-0.4, -0.2) is 34.0 Å². The van der Waals surface area contributed by atoms with Gasteiger partial charge in [0.25, 0.3) is 0 Å². The Morgan fingerprint density at radius 2 is 1.61 bits per heavy atom. The lowest BCUT2D eigenvalue weighted by Gasteiger charge is -2.60. The van der Waals surface area contributed by atoms with Crippen LogP contribution in [0.3, 0.4) is 0 Å². The van der Waals surface area contributed by atoms with Gasteiger partial charge in [0.15, 0.2) is 0 Å². The molecule has 0 heterocycles. The molecule has 0 aliphatic heterocycles. The van der Waals surface area contributed by atoms with E-state index in [1.165, 1.54) is 19.3 Å². The molecule has 0 radical (unpaired) electrons. The molecule has 0 saturated heterocycles. The lowest BCUT2D eigenvalue weighted by molar-refractivity contribution is -0.148. The molecule has 0 unspecified atom stereocenters. The zero-order valence-corrected chi connectivity index (χ0v) is 20.5. The monoisotopic (exact) mass is 429 g/mol. The Hall–Kier alpha value is -1.32. The van der Waals surface area contributed by atoms with Gasteiger partial charge < -0.3 is 10.0 Å². The van der Waals surface area contributed by atoms with Crippen LogP contribution in [-0.2, 0) is 9.59 Å². The molecular formula is C27H43NO3. The van der Waals surface area contributed by atoms with Crippen LogP contribution in [0.4, 0.5) is 0 Å². The molecule has 4 heteroatoms. The summed E-state index contributed by atoms with van der Waals surface area (Å²) in [6.45, 7) is 13.5. The summed E-state index contributed by atoms with van der Waals surface area (Å²) < 4.78 is 0. The van der Waals surface area contributed by atoms with E-state index in [2.05, 4.69) is 46.4 Å². The second kappa shape index (κ2) is 7.92. The number of fused-ring (bicyclic) bond motifs is 5. The van der Waals surface area contributed by atoms with Crippen LogP contribution in [0.5, 0.6) is 0 Å². The highest BCUT2D eigenvalue weighted by Gasteiger charge is 2.61. The number of allylic oxidation sites excluding steroid dienone is 1. The minimum Gasteiger partial charge on any atom is -0.478 e. The molecule has 174 valence electrons. The van der Waals surface area contributed by atoms with E-state index in [0.29, 0.717) is 35.2 Å². The third-order valence-corrected chi connectivity index (χ3v) is 10.3. The maximum atomic E-state index is 13.7. The number of amides is 1. The van der Waals surface area contributed by atoms with Crippen molar-refractivity contribution in [3.05, 3.63) is 11.6 Å². The largest absolute Gasteiger partial charge is 0.478 e. The van der Waals surface area contributed by atoms with Crippen molar-refractivity contribution in [1.82, 2.24) is 4.90 Å². The van der Waals surface area contributed by atoms with Crippen molar-refractivity contribution in [2.75, 3.05) is 0 Å². The van der Waals surface area contributed by atoms with Crippen LogP contribution >= 0.6 is 0 Å². The highest BCUT2D eigenvalue weighted by molar-refractivity contribution is 5.86. The molecule has 1 N–H and O–H groups in total. The van der Waals surface area contributed by atoms with Crippen LogP contribution < -0.4 is 0 Å². The zero-order chi connectivity index (χ0) is 22.7. The van der Waals surface area contributed by atoms with E-state index in [1.807, 2.05) is 6.08 Å². The Morgan fingerprint density at radius 3 is 2.23 bits per heavy atom. The Balaban J connectivity index is 1.57. The van der Waals surface area contributed by atoms with Crippen molar-refractivity contribution in [3.8, 4) is 0 Å². The molecule has 3 saturated carbocycles. The fourth-order valence-corrected chi connectivity index (χ4v) is 8.75. The number of nitrogens with zero attached hydrogens (tertiary/aromatic N) is 1. The average molecular weight is 430 g/mol. The normalized spacial score (nSPS) is 41.9. The van der Waals surface area contributed by atoms with E-state index < -0.39 is 5.97 Å². The predicted molar refractivity (Wildman–Crippen MR) is 123 cm³/mol. The van der Waals surface area contributed by atoms with Crippen LogP contribution in [0.15, 0.2) is 11.6 Å². The number of aliphatic carboxylic acids is 1. The smallest absolute Gasteiger partial charge is 0.331 e. The summed E-state index contributed by atoms with van der Waals surface area (Å²) >= 11 is 0. The van der Waals surface area contributed by atoms with Crippen molar-refractivity contribution in [1.29, 1.82) is 0 Å². The van der Waals surface area contributed by atoms with Gasteiger partial charge in [0.2, 0.25) is 5.91 Å². The van der Waals surface area contributed by atoms with Crippen molar-refractivity contribution in [2.24, 2.45) is 40.4 Å². The molecule has 4 rings (SSSR count). The highest BCUT2D eigenvalue weighted by Crippen LogP contribution is 2.67. The van der Waals surface area contributed by atoms with Gasteiger partial charge >= 0.3 is 5.97 Å². The number of hydrogen-bond acceptors (Lipinski definition) is 2. The average Bonchev–Trinajstić information content (AvgIpc) is 3.03. The van der Waals surface area contributed by atoms with Gasteiger partial charge in [-0.05, 0) is 114 Å². The lowest BCUT2D eigenvalue weighted by atomic mass is 9.45. The van der Waals surface area contributed by atoms with Gasteiger partial charge in [-0.15, -0.1) is 0 Å². The second-order valence-electron chi connectivity index (χ2n) is 12.2. The summed E-state index contributed by atoms with van der Waals surface area (Å²) in [4.78, 5) is 27.4. The predicted octanol–water partition coefficient (Wildman–Crippen LogP) is 5.91. The van der Waals surface area contributed by atoms with Crippen LogP contribution in [0.2, 0.25) is 0 Å². The Morgan fingerprint density at radius 1 is 0.968 bits per heavy atom. The molecule has 0 aromatic heterocycles. The number of rotatable bonds is 4. The number of hydrogen-bond donors (Lipinski definition) is 1. The second-order valence-corrected chi connectivity index (χ2v) is 12.2. The zero-order valence-electron chi connectivity index (χ0n) is 20.5. The maximum absolute atomic E-state index is 13.7. The maximum Gasteiger partial charge on any atom is 0.331 e. The summed E-state index contributed by atoms with van der Waals surface area (Å²) in [5.74, 6) is 2.35. The summed E-state index contributed by atoms with van der Waals surface area (Å²) in [5.41, 5.74) is 0.989. The van der Waals surface area contributed by atoms with E-state index in [0.717, 1.165) is 32.1 Å². The van der Waals surface area contributed by atoms with Gasteiger partial charge in [-0.1, -0.05) is 19.9 Å². The third kappa shape index (κ3) is 3.47. The molecular weight excluding hydrogens is 386 g/mol. The molecule has 1 amide bonds. The van der Waals surface area contributed by atoms with Gasteiger partial charge in [0, 0.05) is 23.6 Å². The van der Waals surface area contributed by atoms with Crippen molar-refractivity contribution in [2.45, 2.75) is 105 Å². The first kappa shape index (κ1) is 22.9. The fourth-order valence-electron chi connectivity index (χ4n) is 8.75. The minimum absolute atomic E-state index is 0.125. The quantitative estimate of drug-likeness (QED) is 0.604. The van der Waals surface area contributed by atoms with Gasteiger partial charge in [-0.3, -0.25) is 4.79 Å². The Bertz CT molecular complexity index is 762. The van der Waals surface area contributed by atoms with Gasteiger partial charge in [-0.2, -0.15) is 0 Å². The molecule has 3 fully saturated rings. The van der Waals surface area contributed by atoms with Crippen LogP contribution in [0.25, 0.3) is 0 Å². The first-order chi connectivity index (χ1) is 14.5. The topological polar surface area (TPSA) is 57.6 Å². The minimum atomic E-state index is -0.725. The fraction of sp³-hybridized carbons (Fsp3) is 0.852. The molecule has 7 atom stereocenters.